The van der Waals surface area contributed by atoms with Crippen molar-refractivity contribution in [2.24, 2.45) is 0 Å². The number of nitrogens with one attached hydrogen (secondary N) is 1. The zero-order valence-corrected chi connectivity index (χ0v) is 16.4. The van der Waals surface area contributed by atoms with E-state index in [9.17, 15) is 4.79 Å². The van der Waals surface area contributed by atoms with Gasteiger partial charge in [-0.1, -0.05) is 12.8 Å². The molecular weight excluding hydrogens is 352 g/mol. The Labute approximate surface area is 166 Å². The maximum atomic E-state index is 12.9. The van der Waals surface area contributed by atoms with E-state index in [1.165, 1.54) is 25.7 Å². The van der Waals surface area contributed by atoms with Crippen LogP contribution in [0.5, 0.6) is 5.75 Å². The zero-order chi connectivity index (χ0) is 19.3. The molecule has 6 heteroatoms. The smallest absolute Gasteiger partial charge is 0.255 e. The molecule has 28 heavy (non-hydrogen) atoms. The highest BCUT2D eigenvalue weighted by molar-refractivity contribution is 5.95. The lowest BCUT2D eigenvalue weighted by Gasteiger charge is -2.36. The summed E-state index contributed by atoms with van der Waals surface area (Å²) in [4.78, 5) is 21.5. The molecule has 0 unspecified atom stereocenters. The van der Waals surface area contributed by atoms with Gasteiger partial charge in [0.05, 0.1) is 18.4 Å². The van der Waals surface area contributed by atoms with E-state index >= 15 is 0 Å². The first kappa shape index (κ1) is 18.6. The van der Waals surface area contributed by atoms with E-state index in [1.807, 2.05) is 29.3 Å². The summed E-state index contributed by atoms with van der Waals surface area (Å²) in [5.41, 5.74) is 2.79. The van der Waals surface area contributed by atoms with E-state index in [4.69, 9.17) is 4.74 Å². The van der Waals surface area contributed by atoms with E-state index in [0.717, 1.165) is 30.2 Å². The second kappa shape index (κ2) is 8.50. The second-order valence-corrected chi connectivity index (χ2v) is 7.57. The van der Waals surface area contributed by atoms with Crippen molar-refractivity contribution in [2.45, 2.75) is 31.7 Å². The van der Waals surface area contributed by atoms with Crippen LogP contribution in [0.2, 0.25) is 0 Å². The number of carbonyl (C=O) groups is 1. The quantitative estimate of drug-likeness (QED) is 0.861. The van der Waals surface area contributed by atoms with E-state index in [0.29, 0.717) is 24.7 Å². The summed E-state index contributed by atoms with van der Waals surface area (Å²) in [6.07, 6.45) is 8.45. The molecule has 0 spiro atoms. The third kappa shape index (κ3) is 4.21. The Morgan fingerprint density at radius 3 is 2.46 bits per heavy atom. The minimum Gasteiger partial charge on any atom is -0.497 e. The Kier molecular flexibility index (Phi) is 5.65. The molecule has 2 fully saturated rings. The molecular formula is C22H28N4O2. The van der Waals surface area contributed by atoms with E-state index in [2.05, 4.69) is 27.3 Å². The molecule has 1 saturated carbocycles. The Hall–Kier alpha value is -2.76. The van der Waals surface area contributed by atoms with Gasteiger partial charge in [-0.25, -0.2) is 0 Å². The summed E-state index contributed by atoms with van der Waals surface area (Å²) in [6, 6.07) is 10.5. The molecule has 1 aliphatic carbocycles. The van der Waals surface area contributed by atoms with Gasteiger partial charge in [0.1, 0.15) is 5.75 Å². The summed E-state index contributed by atoms with van der Waals surface area (Å²) in [6.45, 7) is 3.08. The van der Waals surface area contributed by atoms with Crippen molar-refractivity contribution >= 4 is 17.3 Å². The Morgan fingerprint density at radius 2 is 1.79 bits per heavy atom. The van der Waals surface area contributed by atoms with Gasteiger partial charge in [0.15, 0.2) is 0 Å². The standard InChI is InChI=1S/C22H28N4O2/c1-28-21-8-6-20(7-9-21)25-10-12-26(13-11-25)22(27)17-14-19(16-23-15-17)24-18-4-2-3-5-18/h6-9,14-16,18,24H,2-5,10-13H2,1H3. The van der Waals surface area contributed by atoms with Gasteiger partial charge in [-0.15, -0.1) is 0 Å². The highest BCUT2D eigenvalue weighted by Crippen LogP contribution is 2.23. The van der Waals surface area contributed by atoms with E-state index in [1.54, 1.807) is 13.3 Å². The largest absolute Gasteiger partial charge is 0.497 e. The molecule has 4 rings (SSSR count). The summed E-state index contributed by atoms with van der Waals surface area (Å²) >= 11 is 0. The molecule has 2 aromatic rings. The number of rotatable bonds is 5. The zero-order valence-electron chi connectivity index (χ0n) is 16.4. The second-order valence-electron chi connectivity index (χ2n) is 7.57. The van der Waals surface area contributed by atoms with Gasteiger partial charge in [-0.3, -0.25) is 9.78 Å². The van der Waals surface area contributed by atoms with Crippen LogP contribution in [0.4, 0.5) is 11.4 Å². The molecule has 2 aliphatic rings. The highest BCUT2D eigenvalue weighted by atomic mass is 16.5. The van der Waals surface area contributed by atoms with Crippen molar-refractivity contribution in [3.63, 3.8) is 0 Å². The number of amides is 1. The molecule has 0 radical (unpaired) electrons. The number of hydrogen-bond acceptors (Lipinski definition) is 5. The van der Waals surface area contributed by atoms with Gasteiger partial charge >= 0.3 is 0 Å². The molecule has 1 N–H and O–H groups in total. The molecule has 148 valence electrons. The third-order valence-corrected chi connectivity index (χ3v) is 5.72. The maximum Gasteiger partial charge on any atom is 0.255 e. The van der Waals surface area contributed by atoms with Crippen LogP contribution in [0.3, 0.4) is 0 Å². The van der Waals surface area contributed by atoms with Crippen LogP contribution in [-0.2, 0) is 0 Å². The Balaban J connectivity index is 1.35. The monoisotopic (exact) mass is 380 g/mol. The van der Waals surface area contributed by atoms with E-state index in [-0.39, 0.29) is 5.91 Å². The number of aromatic nitrogens is 1. The summed E-state index contributed by atoms with van der Waals surface area (Å²) < 4.78 is 5.22. The summed E-state index contributed by atoms with van der Waals surface area (Å²) in [7, 11) is 1.67. The third-order valence-electron chi connectivity index (χ3n) is 5.72. The average Bonchev–Trinajstić information content (AvgIpc) is 3.27. The molecule has 1 amide bonds. The van der Waals surface area contributed by atoms with Crippen LogP contribution in [0.25, 0.3) is 0 Å². The van der Waals surface area contributed by atoms with Crippen molar-refractivity contribution < 1.29 is 9.53 Å². The number of hydrogen-bond donors (Lipinski definition) is 1. The van der Waals surface area contributed by atoms with Gasteiger partial charge < -0.3 is 19.9 Å². The molecule has 1 aromatic carbocycles. The number of nitrogens with zero attached hydrogens (tertiary/aromatic N) is 3. The average molecular weight is 380 g/mol. The van der Waals surface area contributed by atoms with Crippen LogP contribution in [-0.4, -0.2) is 55.1 Å². The topological polar surface area (TPSA) is 57.7 Å². The normalized spacial score (nSPS) is 17.6. The molecule has 6 nitrogen and oxygen atoms in total. The fraction of sp³-hybridized carbons (Fsp3) is 0.455. The molecule has 1 aromatic heterocycles. The Morgan fingerprint density at radius 1 is 1.07 bits per heavy atom. The van der Waals surface area contributed by atoms with Gasteiger partial charge in [-0.2, -0.15) is 0 Å². The first-order chi connectivity index (χ1) is 13.7. The summed E-state index contributed by atoms with van der Waals surface area (Å²) in [5.74, 6) is 0.924. The van der Waals surface area contributed by atoms with Crippen LogP contribution in [0.15, 0.2) is 42.7 Å². The number of carbonyl (C=O) groups excluding carboxylic acids is 1. The van der Waals surface area contributed by atoms with Crippen LogP contribution in [0.1, 0.15) is 36.0 Å². The van der Waals surface area contributed by atoms with Crippen molar-refractivity contribution in [3.8, 4) is 5.75 Å². The van der Waals surface area contributed by atoms with Crippen molar-refractivity contribution in [1.29, 1.82) is 0 Å². The summed E-state index contributed by atoms with van der Waals surface area (Å²) in [5, 5.41) is 3.53. The lowest BCUT2D eigenvalue weighted by atomic mass is 10.2. The molecule has 2 heterocycles. The molecule has 0 bridgehead atoms. The number of pyridine rings is 1. The van der Waals surface area contributed by atoms with Crippen molar-refractivity contribution in [1.82, 2.24) is 9.88 Å². The maximum absolute atomic E-state index is 12.9. The predicted octanol–water partition coefficient (Wildman–Crippen LogP) is 3.41. The minimum absolute atomic E-state index is 0.0666. The number of ether oxygens (including phenoxy) is 1. The van der Waals surface area contributed by atoms with Crippen molar-refractivity contribution in [3.05, 3.63) is 48.3 Å². The number of piperazine rings is 1. The number of benzene rings is 1. The predicted molar refractivity (Wildman–Crippen MR) is 111 cm³/mol. The Bertz CT molecular complexity index is 794. The first-order valence-corrected chi connectivity index (χ1v) is 10.1. The fourth-order valence-electron chi connectivity index (χ4n) is 4.09. The van der Waals surface area contributed by atoms with Crippen LogP contribution in [0, 0.1) is 0 Å². The molecule has 0 atom stereocenters. The van der Waals surface area contributed by atoms with Crippen molar-refractivity contribution in [2.75, 3.05) is 43.5 Å². The van der Waals surface area contributed by atoms with Crippen LogP contribution < -0.4 is 15.0 Å². The highest BCUT2D eigenvalue weighted by Gasteiger charge is 2.23. The first-order valence-electron chi connectivity index (χ1n) is 10.1. The minimum atomic E-state index is 0.0666. The number of anilines is 2. The van der Waals surface area contributed by atoms with E-state index < -0.39 is 0 Å². The van der Waals surface area contributed by atoms with Gasteiger partial charge in [0, 0.05) is 50.3 Å². The van der Waals surface area contributed by atoms with Gasteiger partial charge in [0.2, 0.25) is 0 Å². The van der Waals surface area contributed by atoms with Crippen LogP contribution >= 0.6 is 0 Å². The lowest BCUT2D eigenvalue weighted by molar-refractivity contribution is 0.0746. The van der Waals surface area contributed by atoms with Gasteiger partial charge in [-0.05, 0) is 43.2 Å². The fourth-order valence-corrected chi connectivity index (χ4v) is 4.09. The molecule has 1 aliphatic heterocycles. The van der Waals surface area contributed by atoms with Gasteiger partial charge in [0.25, 0.3) is 5.91 Å². The lowest BCUT2D eigenvalue weighted by Crippen LogP contribution is -2.48. The molecule has 1 saturated heterocycles. The SMILES string of the molecule is COc1ccc(N2CCN(C(=O)c3cncc(NC4CCCC4)c3)CC2)cc1. The number of methoxy groups -OCH3 is 1.